The maximum atomic E-state index is 4.97. The Labute approximate surface area is 61.8 Å². The number of rotatable bonds is 3. The van der Waals surface area contributed by atoms with E-state index in [0.29, 0.717) is 6.61 Å². The van der Waals surface area contributed by atoms with Gasteiger partial charge < -0.3 is 0 Å². The van der Waals surface area contributed by atoms with E-state index in [1.807, 2.05) is 12.0 Å². The summed E-state index contributed by atoms with van der Waals surface area (Å²) in [6, 6.07) is 0. The molecule has 1 saturated heterocycles. The fraction of sp³-hybridized carbons (Fsp3) is 1.00. The lowest BCUT2D eigenvalue weighted by Crippen LogP contribution is -2.29. The average molecular weight is 145 g/mol. The predicted octanol–water partition coefficient (Wildman–Crippen LogP) is 1.36. The molecule has 1 aliphatic rings. The molecule has 0 unspecified atom stereocenters. The lowest BCUT2D eigenvalue weighted by atomic mass is 10.2. The van der Waals surface area contributed by atoms with E-state index in [1.165, 1.54) is 19.3 Å². The Kier molecular flexibility index (Phi) is 3.72. The van der Waals surface area contributed by atoms with Crippen molar-refractivity contribution in [3.8, 4) is 0 Å². The second kappa shape index (κ2) is 4.66. The molecule has 0 aromatic rings. The Morgan fingerprint density at radius 3 is 2.50 bits per heavy atom. The molecule has 3 nitrogen and oxygen atoms in total. The van der Waals surface area contributed by atoms with Crippen molar-refractivity contribution in [2.75, 3.05) is 19.7 Å². The highest BCUT2D eigenvalue weighted by Gasteiger charge is 2.10. The minimum Gasteiger partial charge on any atom is -0.218 e. The zero-order valence-corrected chi connectivity index (χ0v) is 6.51. The number of hydrogen-bond acceptors (Lipinski definition) is 3. The van der Waals surface area contributed by atoms with E-state index in [2.05, 4.69) is 0 Å². The van der Waals surface area contributed by atoms with Gasteiger partial charge in [-0.1, -0.05) is 6.42 Å². The summed E-state index contributed by atoms with van der Waals surface area (Å²) in [6.07, 6.45) is 3.78. The van der Waals surface area contributed by atoms with Crippen LogP contribution in [-0.4, -0.2) is 24.8 Å². The van der Waals surface area contributed by atoms with Crippen molar-refractivity contribution in [3.63, 3.8) is 0 Å². The lowest BCUT2D eigenvalue weighted by molar-refractivity contribution is -0.427. The van der Waals surface area contributed by atoms with E-state index < -0.39 is 0 Å². The van der Waals surface area contributed by atoms with Crippen LogP contribution in [0.4, 0.5) is 0 Å². The van der Waals surface area contributed by atoms with Gasteiger partial charge in [-0.3, -0.25) is 0 Å². The van der Waals surface area contributed by atoms with Crippen LogP contribution >= 0.6 is 0 Å². The van der Waals surface area contributed by atoms with Crippen LogP contribution in [0.3, 0.4) is 0 Å². The highest BCUT2D eigenvalue weighted by molar-refractivity contribution is 4.54. The van der Waals surface area contributed by atoms with Crippen LogP contribution in [0.2, 0.25) is 0 Å². The zero-order valence-electron chi connectivity index (χ0n) is 6.51. The molecule has 0 aromatic heterocycles. The van der Waals surface area contributed by atoms with E-state index in [4.69, 9.17) is 9.88 Å². The second-order valence-corrected chi connectivity index (χ2v) is 2.47. The fourth-order valence-corrected chi connectivity index (χ4v) is 1.07. The summed E-state index contributed by atoms with van der Waals surface area (Å²) < 4.78 is 0. The Morgan fingerprint density at radius 2 is 1.90 bits per heavy atom. The maximum Gasteiger partial charge on any atom is 0.0814 e. The maximum absolute atomic E-state index is 4.97. The van der Waals surface area contributed by atoms with E-state index in [0.717, 1.165) is 13.1 Å². The van der Waals surface area contributed by atoms with Gasteiger partial charge in [-0.05, 0) is 19.8 Å². The molecule has 0 radical (unpaired) electrons. The molecule has 0 N–H and O–H groups in total. The van der Waals surface area contributed by atoms with Crippen LogP contribution in [0.15, 0.2) is 0 Å². The van der Waals surface area contributed by atoms with Crippen LogP contribution in [0.5, 0.6) is 0 Å². The van der Waals surface area contributed by atoms with Crippen molar-refractivity contribution in [1.29, 1.82) is 0 Å². The monoisotopic (exact) mass is 145 g/mol. The first-order valence-electron chi connectivity index (χ1n) is 3.98. The summed E-state index contributed by atoms with van der Waals surface area (Å²) >= 11 is 0. The Morgan fingerprint density at radius 1 is 1.20 bits per heavy atom. The normalized spacial score (nSPS) is 21.3. The molecule has 1 fully saturated rings. The van der Waals surface area contributed by atoms with Gasteiger partial charge in [0.15, 0.2) is 0 Å². The topological polar surface area (TPSA) is 21.7 Å². The minimum atomic E-state index is 0.622. The number of nitrogens with zero attached hydrogens (tertiary/aromatic N) is 1. The molecule has 0 aliphatic carbocycles. The van der Waals surface area contributed by atoms with Crippen LogP contribution < -0.4 is 0 Å². The SMILES string of the molecule is CCOON1CCCCC1. The minimum absolute atomic E-state index is 0.622. The van der Waals surface area contributed by atoms with Crippen molar-refractivity contribution in [2.24, 2.45) is 0 Å². The summed E-state index contributed by atoms with van der Waals surface area (Å²) in [5, 5.41) is 1.88. The largest absolute Gasteiger partial charge is 0.218 e. The molecule has 3 heteroatoms. The van der Waals surface area contributed by atoms with Gasteiger partial charge >= 0.3 is 0 Å². The Balaban J connectivity index is 2.02. The van der Waals surface area contributed by atoms with Crippen LogP contribution in [0, 0.1) is 0 Å². The van der Waals surface area contributed by atoms with Gasteiger partial charge in [0.05, 0.1) is 6.61 Å². The molecule has 1 heterocycles. The third-order valence-corrected chi connectivity index (χ3v) is 1.59. The molecule has 10 heavy (non-hydrogen) atoms. The third kappa shape index (κ3) is 2.64. The highest BCUT2D eigenvalue weighted by atomic mass is 17.3. The second-order valence-electron chi connectivity index (χ2n) is 2.47. The van der Waals surface area contributed by atoms with Gasteiger partial charge in [0.2, 0.25) is 0 Å². The molecule has 0 atom stereocenters. The summed E-state index contributed by atoms with van der Waals surface area (Å²) in [6.45, 7) is 4.57. The molecular formula is C7H15NO2. The lowest BCUT2D eigenvalue weighted by Gasteiger charge is -2.23. The average Bonchev–Trinajstić information content (AvgIpc) is 2.03. The number of piperidine rings is 1. The fourth-order valence-electron chi connectivity index (χ4n) is 1.07. The van der Waals surface area contributed by atoms with Crippen molar-refractivity contribution in [2.45, 2.75) is 26.2 Å². The molecule has 60 valence electrons. The van der Waals surface area contributed by atoms with Crippen LogP contribution in [0.1, 0.15) is 26.2 Å². The summed E-state index contributed by atoms with van der Waals surface area (Å²) in [4.78, 5) is 9.76. The standard InChI is InChI=1S/C7H15NO2/c1-2-9-10-8-6-4-3-5-7-8/h2-7H2,1H3. The van der Waals surface area contributed by atoms with E-state index in [1.54, 1.807) is 0 Å². The van der Waals surface area contributed by atoms with Gasteiger partial charge in [-0.15, -0.1) is 4.99 Å². The van der Waals surface area contributed by atoms with Crippen LogP contribution in [0.25, 0.3) is 0 Å². The van der Waals surface area contributed by atoms with Gasteiger partial charge in [0.1, 0.15) is 0 Å². The molecule has 0 aromatic carbocycles. The Hall–Kier alpha value is -0.120. The van der Waals surface area contributed by atoms with Crippen molar-refractivity contribution >= 4 is 0 Å². The Bertz CT molecular complexity index is 81.7. The summed E-state index contributed by atoms with van der Waals surface area (Å²) in [5.74, 6) is 0. The molecular weight excluding hydrogens is 130 g/mol. The molecule has 0 amide bonds. The van der Waals surface area contributed by atoms with E-state index in [9.17, 15) is 0 Å². The number of hydrogen-bond donors (Lipinski definition) is 0. The molecule has 0 spiro atoms. The molecule has 1 rings (SSSR count). The summed E-state index contributed by atoms with van der Waals surface area (Å²) in [5.41, 5.74) is 0. The first-order valence-corrected chi connectivity index (χ1v) is 3.98. The number of hydroxylamine groups is 2. The first-order chi connectivity index (χ1) is 4.93. The quantitative estimate of drug-likeness (QED) is 0.442. The van der Waals surface area contributed by atoms with Crippen LogP contribution in [-0.2, 0) is 9.88 Å². The molecule has 1 aliphatic heterocycles. The summed E-state index contributed by atoms with van der Waals surface area (Å²) in [7, 11) is 0. The van der Waals surface area contributed by atoms with Crippen molar-refractivity contribution in [3.05, 3.63) is 0 Å². The van der Waals surface area contributed by atoms with Crippen molar-refractivity contribution < 1.29 is 9.88 Å². The van der Waals surface area contributed by atoms with Gasteiger partial charge in [-0.2, -0.15) is 5.06 Å². The highest BCUT2D eigenvalue weighted by Crippen LogP contribution is 2.08. The van der Waals surface area contributed by atoms with Gasteiger partial charge in [0.25, 0.3) is 0 Å². The molecule has 0 saturated carbocycles. The van der Waals surface area contributed by atoms with Crippen molar-refractivity contribution in [1.82, 2.24) is 5.06 Å². The van der Waals surface area contributed by atoms with Gasteiger partial charge in [0, 0.05) is 13.1 Å². The first kappa shape index (κ1) is 7.98. The predicted molar refractivity (Wildman–Crippen MR) is 38.1 cm³/mol. The smallest absolute Gasteiger partial charge is 0.0814 e. The van der Waals surface area contributed by atoms with Gasteiger partial charge in [-0.25, -0.2) is 4.89 Å². The van der Waals surface area contributed by atoms with E-state index >= 15 is 0 Å². The molecule has 0 bridgehead atoms. The van der Waals surface area contributed by atoms with E-state index in [-0.39, 0.29) is 0 Å². The zero-order chi connectivity index (χ0) is 7.23. The third-order valence-electron chi connectivity index (χ3n) is 1.59.